The van der Waals surface area contributed by atoms with Gasteiger partial charge in [0, 0.05) is 11.8 Å². The predicted molar refractivity (Wildman–Crippen MR) is 70.4 cm³/mol. The van der Waals surface area contributed by atoms with Crippen molar-refractivity contribution in [2.24, 2.45) is 5.73 Å². The summed E-state index contributed by atoms with van der Waals surface area (Å²) < 4.78 is 5.18. The highest BCUT2D eigenvalue weighted by Crippen LogP contribution is 2.12. The second-order valence-corrected chi connectivity index (χ2v) is 4.67. The van der Waals surface area contributed by atoms with Gasteiger partial charge in [-0.2, -0.15) is 0 Å². The summed E-state index contributed by atoms with van der Waals surface area (Å²) in [5.74, 6) is -0.390. The molecular weight excluding hydrogens is 248 g/mol. The van der Waals surface area contributed by atoms with Crippen LogP contribution in [0.2, 0.25) is 0 Å². The molecule has 0 atom stereocenters. The zero-order valence-corrected chi connectivity index (χ0v) is 10.7. The second kappa shape index (κ2) is 6.28. The number of benzene rings is 1. The predicted octanol–water partition coefficient (Wildman–Crippen LogP) is 2.00. The minimum absolute atomic E-state index is 0.267. The Kier molecular flexibility index (Phi) is 4.44. The highest BCUT2D eigenvalue weighted by Gasteiger charge is 2.11. The van der Waals surface area contributed by atoms with E-state index < -0.39 is 5.97 Å². The van der Waals surface area contributed by atoms with Crippen LogP contribution in [0.15, 0.2) is 35.7 Å². The Morgan fingerprint density at radius 1 is 1.33 bits per heavy atom. The van der Waals surface area contributed by atoms with Crippen molar-refractivity contribution in [3.05, 3.63) is 52.0 Å². The van der Waals surface area contributed by atoms with Crippen LogP contribution in [0.4, 0.5) is 0 Å². The van der Waals surface area contributed by atoms with Crippen LogP contribution in [0, 0.1) is 0 Å². The van der Waals surface area contributed by atoms with Gasteiger partial charge in [0.05, 0.1) is 5.01 Å². The average molecular weight is 262 g/mol. The van der Waals surface area contributed by atoms with Crippen molar-refractivity contribution < 1.29 is 9.53 Å². The molecule has 5 heteroatoms. The number of carbonyl (C=O) groups excluding carboxylic acids is 1. The van der Waals surface area contributed by atoms with Gasteiger partial charge in [-0.3, -0.25) is 0 Å². The lowest BCUT2D eigenvalue weighted by molar-refractivity contribution is 0.0466. The molecule has 1 aromatic heterocycles. The van der Waals surface area contributed by atoms with Gasteiger partial charge in [0.1, 0.15) is 6.61 Å². The summed E-state index contributed by atoms with van der Waals surface area (Å²) in [5.41, 5.74) is 6.75. The number of hydrogen-bond acceptors (Lipinski definition) is 5. The zero-order valence-electron chi connectivity index (χ0n) is 9.83. The number of nitrogens with two attached hydrogens (primary N) is 1. The molecule has 0 aliphatic rings. The largest absolute Gasteiger partial charge is 0.456 e. The number of thiazole rings is 1. The van der Waals surface area contributed by atoms with Crippen molar-refractivity contribution in [2.75, 3.05) is 6.54 Å². The zero-order chi connectivity index (χ0) is 12.8. The lowest BCUT2D eigenvalue weighted by atomic mass is 10.2. The van der Waals surface area contributed by atoms with E-state index in [1.165, 1.54) is 11.3 Å². The molecule has 1 aromatic carbocycles. The van der Waals surface area contributed by atoms with E-state index in [1.807, 2.05) is 30.3 Å². The van der Waals surface area contributed by atoms with Crippen LogP contribution in [-0.2, 0) is 17.8 Å². The molecule has 0 unspecified atom stereocenters. The number of rotatable bonds is 5. The van der Waals surface area contributed by atoms with Gasteiger partial charge in [-0.05, 0) is 12.1 Å². The summed E-state index contributed by atoms with van der Waals surface area (Å²) in [7, 11) is 0. The lowest BCUT2D eigenvalue weighted by Crippen LogP contribution is -2.07. The van der Waals surface area contributed by atoms with Gasteiger partial charge in [0.2, 0.25) is 0 Å². The number of aromatic nitrogens is 1. The number of carbonyl (C=O) groups is 1. The summed E-state index contributed by atoms with van der Waals surface area (Å²) in [6.07, 6.45) is 0.691. The first-order valence-corrected chi connectivity index (χ1v) is 6.53. The van der Waals surface area contributed by atoms with Gasteiger partial charge in [-0.15, -0.1) is 11.3 Å². The molecule has 0 fully saturated rings. The van der Waals surface area contributed by atoms with E-state index >= 15 is 0 Å². The Bertz CT molecular complexity index is 511. The van der Waals surface area contributed by atoms with Gasteiger partial charge < -0.3 is 10.5 Å². The van der Waals surface area contributed by atoms with Crippen LogP contribution in [-0.4, -0.2) is 17.5 Å². The summed E-state index contributed by atoms with van der Waals surface area (Å²) in [6, 6.07) is 9.56. The maximum Gasteiger partial charge on any atom is 0.358 e. The normalized spacial score (nSPS) is 10.3. The van der Waals surface area contributed by atoms with E-state index in [-0.39, 0.29) is 6.61 Å². The first kappa shape index (κ1) is 12.7. The number of esters is 1. The Hall–Kier alpha value is -1.72. The highest BCUT2D eigenvalue weighted by molar-refractivity contribution is 7.09. The number of hydrogen-bond donors (Lipinski definition) is 1. The molecule has 2 aromatic rings. The summed E-state index contributed by atoms with van der Waals surface area (Å²) in [4.78, 5) is 15.9. The smallest absolute Gasteiger partial charge is 0.358 e. The van der Waals surface area contributed by atoms with E-state index in [4.69, 9.17) is 10.5 Å². The summed E-state index contributed by atoms with van der Waals surface area (Å²) in [5, 5.41) is 2.57. The van der Waals surface area contributed by atoms with E-state index in [0.29, 0.717) is 18.7 Å². The van der Waals surface area contributed by atoms with E-state index in [0.717, 1.165) is 10.6 Å². The Morgan fingerprint density at radius 3 is 2.83 bits per heavy atom. The fraction of sp³-hybridized carbons (Fsp3) is 0.231. The van der Waals surface area contributed by atoms with Crippen LogP contribution in [0.5, 0.6) is 0 Å². The fourth-order valence-corrected chi connectivity index (χ4v) is 2.22. The lowest BCUT2D eigenvalue weighted by Gasteiger charge is -2.02. The topological polar surface area (TPSA) is 65.2 Å². The quantitative estimate of drug-likeness (QED) is 0.837. The third-order valence-electron chi connectivity index (χ3n) is 2.33. The Labute approximate surface area is 109 Å². The molecule has 2 rings (SSSR count). The van der Waals surface area contributed by atoms with E-state index in [9.17, 15) is 4.79 Å². The standard InChI is InChI=1S/C13H14N2O2S/c14-7-6-12-15-11(9-18-12)13(16)17-8-10-4-2-1-3-5-10/h1-5,9H,6-8,14H2. The number of nitrogens with zero attached hydrogens (tertiary/aromatic N) is 1. The average Bonchev–Trinajstić information content (AvgIpc) is 2.86. The summed E-state index contributed by atoms with van der Waals surface area (Å²) >= 11 is 1.43. The monoisotopic (exact) mass is 262 g/mol. The molecule has 0 spiro atoms. The fourth-order valence-electron chi connectivity index (χ4n) is 1.44. The molecule has 0 saturated carbocycles. The maximum atomic E-state index is 11.7. The first-order chi connectivity index (χ1) is 8.79. The van der Waals surface area contributed by atoms with Gasteiger partial charge in [-0.25, -0.2) is 9.78 Å². The second-order valence-electron chi connectivity index (χ2n) is 3.73. The summed E-state index contributed by atoms with van der Waals surface area (Å²) in [6.45, 7) is 0.801. The van der Waals surface area contributed by atoms with Crippen molar-refractivity contribution >= 4 is 17.3 Å². The van der Waals surface area contributed by atoms with Crippen LogP contribution in [0.1, 0.15) is 21.1 Å². The molecule has 0 saturated heterocycles. The maximum absolute atomic E-state index is 11.7. The molecule has 1 heterocycles. The molecule has 0 radical (unpaired) electrons. The van der Waals surface area contributed by atoms with Gasteiger partial charge in [0.25, 0.3) is 0 Å². The van der Waals surface area contributed by atoms with Crippen LogP contribution < -0.4 is 5.73 Å². The van der Waals surface area contributed by atoms with Crippen LogP contribution in [0.25, 0.3) is 0 Å². The van der Waals surface area contributed by atoms with Crippen molar-refractivity contribution in [1.29, 1.82) is 0 Å². The van der Waals surface area contributed by atoms with Crippen molar-refractivity contribution in [3.63, 3.8) is 0 Å². The molecular formula is C13H14N2O2S. The Morgan fingerprint density at radius 2 is 2.11 bits per heavy atom. The van der Waals surface area contributed by atoms with E-state index in [1.54, 1.807) is 5.38 Å². The van der Waals surface area contributed by atoms with E-state index in [2.05, 4.69) is 4.98 Å². The first-order valence-electron chi connectivity index (χ1n) is 5.65. The minimum atomic E-state index is -0.390. The number of ether oxygens (including phenoxy) is 1. The SMILES string of the molecule is NCCc1nc(C(=O)OCc2ccccc2)cs1. The molecule has 0 aliphatic carbocycles. The van der Waals surface area contributed by atoms with Crippen molar-refractivity contribution in [2.45, 2.75) is 13.0 Å². The molecule has 2 N–H and O–H groups in total. The van der Waals surface area contributed by atoms with Gasteiger partial charge >= 0.3 is 5.97 Å². The van der Waals surface area contributed by atoms with Crippen LogP contribution >= 0.6 is 11.3 Å². The highest BCUT2D eigenvalue weighted by atomic mass is 32.1. The molecule has 94 valence electrons. The molecule has 0 bridgehead atoms. The molecule has 18 heavy (non-hydrogen) atoms. The third kappa shape index (κ3) is 3.38. The van der Waals surface area contributed by atoms with Gasteiger partial charge in [0.15, 0.2) is 5.69 Å². The molecule has 0 amide bonds. The minimum Gasteiger partial charge on any atom is -0.456 e. The molecule has 0 aliphatic heterocycles. The van der Waals surface area contributed by atoms with Gasteiger partial charge in [-0.1, -0.05) is 30.3 Å². The molecule has 4 nitrogen and oxygen atoms in total. The van der Waals surface area contributed by atoms with Crippen LogP contribution in [0.3, 0.4) is 0 Å². The van der Waals surface area contributed by atoms with Crippen molar-refractivity contribution in [1.82, 2.24) is 4.98 Å². The third-order valence-corrected chi connectivity index (χ3v) is 3.24. The Balaban J connectivity index is 1.91. The van der Waals surface area contributed by atoms with Crippen molar-refractivity contribution in [3.8, 4) is 0 Å².